The topological polar surface area (TPSA) is 45.7 Å². The van der Waals surface area contributed by atoms with Crippen molar-refractivity contribution in [3.8, 4) is 5.75 Å². The number of carbonyl (C=O) groups is 1. The fourth-order valence-corrected chi connectivity index (χ4v) is 3.87. The Kier molecular flexibility index (Phi) is 7.80. The van der Waals surface area contributed by atoms with E-state index in [9.17, 15) is 4.79 Å². The van der Waals surface area contributed by atoms with Gasteiger partial charge in [-0.1, -0.05) is 29.0 Å². The molecule has 0 aliphatic carbocycles. The van der Waals surface area contributed by atoms with Gasteiger partial charge in [-0.2, -0.15) is 0 Å². The second kappa shape index (κ2) is 9.87. The fraction of sp³-hybridized carbons (Fsp3) is 0.333. The number of carbonyl (C=O) groups excluding carboxylic acids is 1. The number of anilines is 1. The summed E-state index contributed by atoms with van der Waals surface area (Å²) < 4.78 is 6.33. The van der Waals surface area contributed by atoms with Gasteiger partial charge in [-0.05, 0) is 58.3 Å². The molecule has 1 heterocycles. The Morgan fingerprint density at radius 2 is 1.93 bits per heavy atom. The van der Waals surface area contributed by atoms with Gasteiger partial charge in [0.15, 0.2) is 5.13 Å². The van der Waals surface area contributed by atoms with Crippen LogP contribution in [-0.2, 0) is 0 Å². The van der Waals surface area contributed by atoms with E-state index in [0.29, 0.717) is 12.1 Å². The van der Waals surface area contributed by atoms with Gasteiger partial charge in [0.1, 0.15) is 5.75 Å². The Labute approximate surface area is 176 Å². The standard InChI is InChI=1S/C21H25N3O2S.ClH/c1-15-7-5-8-16(13-15)20(25)24(12-6-11-23(2)3)21-22-18-14-17(26-4)9-10-19(18)27-21;/h5,7-10,13-14H,6,11-12H2,1-4H3;1H. The fourth-order valence-electron chi connectivity index (χ4n) is 2.90. The summed E-state index contributed by atoms with van der Waals surface area (Å²) in [6, 6.07) is 13.5. The number of nitrogens with zero attached hydrogens (tertiary/aromatic N) is 3. The molecule has 28 heavy (non-hydrogen) atoms. The van der Waals surface area contributed by atoms with Crippen molar-refractivity contribution in [1.82, 2.24) is 9.88 Å². The lowest BCUT2D eigenvalue weighted by Crippen LogP contribution is -2.33. The van der Waals surface area contributed by atoms with Gasteiger partial charge < -0.3 is 9.64 Å². The maximum absolute atomic E-state index is 13.2. The third kappa shape index (κ3) is 5.22. The van der Waals surface area contributed by atoms with Crippen LogP contribution >= 0.6 is 23.7 Å². The molecule has 0 aliphatic rings. The van der Waals surface area contributed by atoms with Crippen LogP contribution in [0.2, 0.25) is 0 Å². The molecule has 0 atom stereocenters. The monoisotopic (exact) mass is 419 g/mol. The number of rotatable bonds is 7. The maximum Gasteiger partial charge on any atom is 0.260 e. The molecular formula is C21H26ClN3O2S. The molecule has 150 valence electrons. The lowest BCUT2D eigenvalue weighted by molar-refractivity contribution is 0.0986. The van der Waals surface area contributed by atoms with Crippen molar-refractivity contribution in [2.24, 2.45) is 0 Å². The van der Waals surface area contributed by atoms with Crippen LogP contribution in [0.25, 0.3) is 10.2 Å². The van der Waals surface area contributed by atoms with Crippen LogP contribution in [0.15, 0.2) is 42.5 Å². The minimum atomic E-state index is -0.0107. The number of ether oxygens (including phenoxy) is 1. The van der Waals surface area contributed by atoms with Crippen LogP contribution in [0.4, 0.5) is 5.13 Å². The number of aromatic nitrogens is 1. The quantitative estimate of drug-likeness (QED) is 0.560. The van der Waals surface area contributed by atoms with Gasteiger partial charge >= 0.3 is 0 Å². The third-order valence-corrected chi connectivity index (χ3v) is 5.37. The summed E-state index contributed by atoms with van der Waals surface area (Å²) in [4.78, 5) is 21.9. The van der Waals surface area contributed by atoms with Gasteiger partial charge in [-0.15, -0.1) is 12.4 Å². The number of hydrogen-bond donors (Lipinski definition) is 0. The van der Waals surface area contributed by atoms with Crippen LogP contribution in [0.1, 0.15) is 22.3 Å². The lowest BCUT2D eigenvalue weighted by Gasteiger charge is -2.21. The number of benzene rings is 2. The largest absolute Gasteiger partial charge is 0.497 e. The lowest BCUT2D eigenvalue weighted by atomic mass is 10.1. The van der Waals surface area contributed by atoms with Crippen LogP contribution in [0.5, 0.6) is 5.75 Å². The van der Waals surface area contributed by atoms with Gasteiger partial charge in [0.25, 0.3) is 5.91 Å². The number of methoxy groups -OCH3 is 1. The van der Waals surface area contributed by atoms with Crippen LogP contribution in [0.3, 0.4) is 0 Å². The van der Waals surface area contributed by atoms with Crippen molar-refractivity contribution in [3.63, 3.8) is 0 Å². The molecule has 0 radical (unpaired) electrons. The molecule has 0 bridgehead atoms. The van der Waals surface area contributed by atoms with E-state index >= 15 is 0 Å². The predicted octanol–water partition coefficient (Wildman–Crippen LogP) is 4.63. The number of thiazole rings is 1. The van der Waals surface area contributed by atoms with E-state index in [1.165, 1.54) is 11.3 Å². The molecule has 0 aliphatic heterocycles. The Balaban J connectivity index is 0.00000280. The van der Waals surface area contributed by atoms with E-state index in [-0.39, 0.29) is 18.3 Å². The van der Waals surface area contributed by atoms with E-state index in [2.05, 4.69) is 4.90 Å². The summed E-state index contributed by atoms with van der Waals surface area (Å²) in [5, 5.41) is 0.725. The molecule has 3 rings (SSSR count). The third-order valence-electron chi connectivity index (χ3n) is 4.31. The SMILES string of the molecule is COc1ccc2sc(N(CCCN(C)C)C(=O)c3cccc(C)c3)nc2c1.Cl. The Morgan fingerprint density at radius 1 is 1.14 bits per heavy atom. The van der Waals surface area contributed by atoms with Crippen LogP contribution in [0, 0.1) is 6.92 Å². The number of aryl methyl sites for hydroxylation is 1. The number of fused-ring (bicyclic) bond motifs is 1. The average molecular weight is 420 g/mol. The highest BCUT2D eigenvalue weighted by molar-refractivity contribution is 7.22. The first kappa shape index (κ1) is 22.1. The molecular weight excluding hydrogens is 394 g/mol. The summed E-state index contributed by atoms with van der Waals surface area (Å²) >= 11 is 1.54. The van der Waals surface area contributed by atoms with Crippen molar-refractivity contribution in [1.29, 1.82) is 0 Å². The van der Waals surface area contributed by atoms with Crippen molar-refractivity contribution in [2.45, 2.75) is 13.3 Å². The van der Waals surface area contributed by atoms with Crippen molar-refractivity contribution >= 4 is 45.0 Å². The molecule has 1 amide bonds. The van der Waals surface area contributed by atoms with Crippen molar-refractivity contribution < 1.29 is 9.53 Å². The highest BCUT2D eigenvalue weighted by Crippen LogP contribution is 2.32. The highest BCUT2D eigenvalue weighted by Gasteiger charge is 2.21. The van der Waals surface area contributed by atoms with Gasteiger partial charge in [-0.25, -0.2) is 4.98 Å². The van der Waals surface area contributed by atoms with E-state index in [1.54, 1.807) is 12.0 Å². The Hall–Kier alpha value is -2.15. The molecule has 0 fully saturated rings. The molecule has 7 heteroatoms. The minimum Gasteiger partial charge on any atom is -0.497 e. The van der Waals surface area contributed by atoms with Gasteiger partial charge in [0, 0.05) is 18.2 Å². The molecule has 0 unspecified atom stereocenters. The van der Waals surface area contributed by atoms with E-state index in [1.807, 2.05) is 63.5 Å². The van der Waals surface area contributed by atoms with E-state index < -0.39 is 0 Å². The average Bonchev–Trinajstić information content (AvgIpc) is 3.07. The van der Waals surface area contributed by atoms with Crippen molar-refractivity contribution in [3.05, 3.63) is 53.6 Å². The van der Waals surface area contributed by atoms with E-state index in [4.69, 9.17) is 9.72 Å². The van der Waals surface area contributed by atoms with Crippen LogP contribution < -0.4 is 9.64 Å². The molecule has 0 spiro atoms. The number of hydrogen-bond acceptors (Lipinski definition) is 5. The zero-order valence-electron chi connectivity index (χ0n) is 16.6. The molecule has 5 nitrogen and oxygen atoms in total. The predicted molar refractivity (Wildman–Crippen MR) is 119 cm³/mol. The second-order valence-electron chi connectivity index (χ2n) is 6.81. The molecule has 0 saturated heterocycles. The zero-order valence-corrected chi connectivity index (χ0v) is 18.3. The first-order valence-electron chi connectivity index (χ1n) is 8.96. The van der Waals surface area contributed by atoms with E-state index in [0.717, 1.165) is 39.6 Å². The van der Waals surface area contributed by atoms with Crippen molar-refractivity contribution in [2.75, 3.05) is 39.2 Å². The van der Waals surface area contributed by atoms with Crippen LogP contribution in [-0.4, -0.2) is 50.1 Å². The highest BCUT2D eigenvalue weighted by atomic mass is 35.5. The zero-order chi connectivity index (χ0) is 19.4. The smallest absolute Gasteiger partial charge is 0.260 e. The number of amides is 1. The minimum absolute atomic E-state index is 0. The number of halogens is 1. The first-order chi connectivity index (χ1) is 13.0. The Morgan fingerprint density at radius 3 is 2.61 bits per heavy atom. The molecule has 3 aromatic rings. The molecule has 0 saturated carbocycles. The summed E-state index contributed by atoms with van der Waals surface area (Å²) in [5.74, 6) is 0.756. The normalized spacial score (nSPS) is 10.8. The summed E-state index contributed by atoms with van der Waals surface area (Å²) in [6.07, 6.45) is 0.879. The molecule has 0 N–H and O–H groups in total. The Bertz CT molecular complexity index is 942. The summed E-state index contributed by atoms with van der Waals surface area (Å²) in [6.45, 7) is 3.54. The molecule has 1 aromatic heterocycles. The first-order valence-corrected chi connectivity index (χ1v) is 9.77. The van der Waals surface area contributed by atoms with Gasteiger partial charge in [0.05, 0.1) is 17.3 Å². The summed E-state index contributed by atoms with van der Waals surface area (Å²) in [7, 11) is 5.72. The summed E-state index contributed by atoms with van der Waals surface area (Å²) in [5.41, 5.74) is 2.61. The van der Waals surface area contributed by atoms with Gasteiger partial charge in [0.2, 0.25) is 0 Å². The second-order valence-corrected chi connectivity index (χ2v) is 7.82. The van der Waals surface area contributed by atoms with Gasteiger partial charge in [-0.3, -0.25) is 9.69 Å². The maximum atomic E-state index is 13.2. The molecule has 2 aromatic carbocycles.